The van der Waals surface area contributed by atoms with Crippen molar-refractivity contribution in [2.75, 3.05) is 0 Å². The standard InChI is InChI=1S/C16H19N5OS2/c1-8-9(2)11(4)13(22)12(10(8)3)18-19-14-20-21-15(23-14)24-16(5,6)17-7/h22H,1-6H3/b19-18+. The summed E-state index contributed by atoms with van der Waals surface area (Å²) in [5.74, 6) is 0.146. The molecule has 1 aromatic heterocycles. The zero-order valence-electron chi connectivity index (χ0n) is 14.5. The molecule has 1 aromatic carbocycles. The van der Waals surface area contributed by atoms with Crippen LogP contribution in [0, 0.1) is 34.3 Å². The summed E-state index contributed by atoms with van der Waals surface area (Å²) >= 11 is 2.61. The van der Waals surface area contributed by atoms with Crippen LogP contribution in [-0.4, -0.2) is 20.2 Å². The number of phenols is 1. The summed E-state index contributed by atoms with van der Waals surface area (Å²) in [6, 6.07) is 0. The van der Waals surface area contributed by atoms with Crippen LogP contribution in [0.25, 0.3) is 4.85 Å². The van der Waals surface area contributed by atoms with Crippen molar-refractivity contribution < 1.29 is 5.11 Å². The Morgan fingerprint density at radius 3 is 2.29 bits per heavy atom. The average molecular weight is 361 g/mol. The van der Waals surface area contributed by atoms with Gasteiger partial charge < -0.3 is 5.11 Å². The van der Waals surface area contributed by atoms with Crippen molar-refractivity contribution >= 4 is 33.9 Å². The minimum Gasteiger partial charge on any atom is -0.505 e. The molecule has 0 bridgehead atoms. The summed E-state index contributed by atoms with van der Waals surface area (Å²) in [5.41, 5.74) is 4.31. The van der Waals surface area contributed by atoms with Gasteiger partial charge in [-0.1, -0.05) is 11.3 Å². The van der Waals surface area contributed by atoms with Gasteiger partial charge in [-0.25, -0.2) is 6.57 Å². The first-order valence-corrected chi connectivity index (χ1v) is 8.91. The van der Waals surface area contributed by atoms with Gasteiger partial charge in [-0.05, 0) is 61.7 Å². The van der Waals surface area contributed by atoms with Crippen LogP contribution in [0.1, 0.15) is 36.1 Å². The van der Waals surface area contributed by atoms with Gasteiger partial charge in [0.05, 0.1) is 0 Å². The summed E-state index contributed by atoms with van der Waals surface area (Å²) in [6.07, 6.45) is 0. The molecule has 6 nitrogen and oxygen atoms in total. The number of hydrogen-bond acceptors (Lipinski definition) is 7. The Balaban J connectivity index is 2.31. The molecule has 0 amide bonds. The number of rotatable bonds is 4. The number of hydrogen-bond donors (Lipinski definition) is 1. The predicted octanol–water partition coefficient (Wildman–Crippen LogP) is 5.64. The van der Waals surface area contributed by atoms with Crippen LogP contribution in [0.3, 0.4) is 0 Å². The fourth-order valence-electron chi connectivity index (χ4n) is 2.01. The number of aromatic nitrogens is 2. The molecule has 0 aliphatic heterocycles. The van der Waals surface area contributed by atoms with Gasteiger partial charge in [0, 0.05) is 13.8 Å². The summed E-state index contributed by atoms with van der Waals surface area (Å²) in [5, 5.41) is 27.0. The third kappa shape index (κ3) is 3.74. The van der Waals surface area contributed by atoms with Gasteiger partial charge in [-0.3, -0.25) is 4.85 Å². The van der Waals surface area contributed by atoms with Crippen molar-refractivity contribution in [1.29, 1.82) is 0 Å². The smallest absolute Gasteiger partial charge is 0.278 e. The molecule has 1 heterocycles. The highest BCUT2D eigenvalue weighted by Crippen LogP contribution is 2.40. The van der Waals surface area contributed by atoms with Gasteiger partial charge in [0.15, 0.2) is 4.34 Å². The van der Waals surface area contributed by atoms with Crippen molar-refractivity contribution in [3.05, 3.63) is 33.7 Å². The molecular weight excluding hydrogens is 342 g/mol. The number of thioether (sulfide) groups is 1. The van der Waals surface area contributed by atoms with Crippen molar-refractivity contribution in [2.24, 2.45) is 10.2 Å². The summed E-state index contributed by atoms with van der Waals surface area (Å²) < 4.78 is 0.669. The lowest BCUT2D eigenvalue weighted by molar-refractivity contribution is 0.471. The van der Waals surface area contributed by atoms with E-state index in [1.54, 1.807) is 0 Å². The van der Waals surface area contributed by atoms with Crippen LogP contribution in [-0.2, 0) is 0 Å². The molecule has 0 saturated heterocycles. The maximum absolute atomic E-state index is 10.3. The Kier molecular flexibility index (Phi) is 5.26. The first kappa shape index (κ1) is 18.4. The Bertz CT molecular complexity index is 820. The van der Waals surface area contributed by atoms with E-state index < -0.39 is 4.87 Å². The molecule has 2 aromatic rings. The zero-order valence-corrected chi connectivity index (χ0v) is 16.1. The maximum atomic E-state index is 10.3. The predicted molar refractivity (Wildman–Crippen MR) is 97.7 cm³/mol. The highest BCUT2D eigenvalue weighted by atomic mass is 32.2. The largest absolute Gasteiger partial charge is 0.505 e. The van der Waals surface area contributed by atoms with Crippen LogP contribution in [0.15, 0.2) is 14.6 Å². The SMILES string of the molecule is [C-]#[N+]C(C)(C)Sc1nnc(/N=N/c2c(C)c(C)c(C)c(C)c2O)s1. The summed E-state index contributed by atoms with van der Waals surface area (Å²) in [7, 11) is 0. The van der Waals surface area contributed by atoms with Gasteiger partial charge in [-0.2, -0.15) is 0 Å². The van der Waals surface area contributed by atoms with Crippen LogP contribution < -0.4 is 0 Å². The Morgan fingerprint density at radius 1 is 1.04 bits per heavy atom. The van der Waals surface area contributed by atoms with Gasteiger partial charge >= 0.3 is 0 Å². The highest BCUT2D eigenvalue weighted by molar-refractivity contribution is 8.02. The first-order valence-electron chi connectivity index (χ1n) is 7.28. The highest BCUT2D eigenvalue weighted by Gasteiger charge is 2.26. The molecule has 0 aliphatic carbocycles. The van der Waals surface area contributed by atoms with E-state index >= 15 is 0 Å². The van der Waals surface area contributed by atoms with E-state index in [0.717, 1.165) is 22.3 Å². The molecule has 0 spiro atoms. The van der Waals surface area contributed by atoms with Crippen molar-refractivity contribution in [3.63, 3.8) is 0 Å². The monoisotopic (exact) mass is 361 g/mol. The maximum Gasteiger partial charge on any atom is 0.278 e. The summed E-state index contributed by atoms with van der Waals surface area (Å²) in [6.45, 7) is 18.6. The van der Waals surface area contributed by atoms with Gasteiger partial charge in [0.2, 0.25) is 0 Å². The second-order valence-corrected chi connectivity index (χ2v) is 8.71. The fourth-order valence-corrected chi connectivity index (χ4v) is 3.97. The van der Waals surface area contributed by atoms with E-state index in [1.807, 2.05) is 41.5 Å². The van der Waals surface area contributed by atoms with Gasteiger partial charge in [-0.15, -0.1) is 20.4 Å². The molecule has 0 radical (unpaired) electrons. The molecule has 1 N–H and O–H groups in total. The second kappa shape index (κ2) is 6.87. The number of nitrogens with zero attached hydrogens (tertiary/aromatic N) is 5. The van der Waals surface area contributed by atoms with Crippen LogP contribution in [0.5, 0.6) is 5.75 Å². The average Bonchev–Trinajstić information content (AvgIpc) is 2.97. The molecular formula is C16H19N5OS2. The molecule has 0 fully saturated rings. The van der Waals surface area contributed by atoms with E-state index in [4.69, 9.17) is 6.57 Å². The van der Waals surface area contributed by atoms with E-state index in [1.165, 1.54) is 23.1 Å². The zero-order chi connectivity index (χ0) is 18.1. The molecule has 0 aliphatic rings. The lowest BCUT2D eigenvalue weighted by Gasteiger charge is -2.13. The third-order valence-corrected chi connectivity index (χ3v) is 5.81. The Morgan fingerprint density at radius 2 is 1.67 bits per heavy atom. The molecule has 0 saturated carbocycles. The van der Waals surface area contributed by atoms with E-state index in [0.29, 0.717) is 15.2 Å². The fraction of sp³-hybridized carbons (Fsp3) is 0.438. The van der Waals surface area contributed by atoms with Crippen LogP contribution in [0.2, 0.25) is 0 Å². The molecule has 0 unspecified atom stereocenters. The van der Waals surface area contributed by atoms with Gasteiger partial charge in [0.1, 0.15) is 11.4 Å². The molecule has 2 rings (SSSR count). The first-order chi connectivity index (χ1) is 11.2. The molecule has 24 heavy (non-hydrogen) atoms. The normalized spacial score (nSPS) is 11.9. The van der Waals surface area contributed by atoms with E-state index in [2.05, 4.69) is 25.3 Å². The Hall–Kier alpha value is -1.98. The van der Waals surface area contributed by atoms with E-state index in [-0.39, 0.29) is 5.75 Å². The molecule has 0 atom stereocenters. The van der Waals surface area contributed by atoms with Crippen LogP contribution in [0.4, 0.5) is 10.8 Å². The lowest BCUT2D eigenvalue weighted by atomic mass is 9.97. The third-order valence-electron chi connectivity index (χ3n) is 3.86. The van der Waals surface area contributed by atoms with Crippen molar-refractivity contribution in [2.45, 2.75) is 50.8 Å². The van der Waals surface area contributed by atoms with Crippen LogP contribution >= 0.6 is 23.1 Å². The number of aromatic hydroxyl groups is 1. The van der Waals surface area contributed by atoms with Gasteiger partial charge in [0.25, 0.3) is 10.0 Å². The lowest BCUT2D eigenvalue weighted by Crippen LogP contribution is -2.06. The molecule has 126 valence electrons. The quantitative estimate of drug-likeness (QED) is 0.434. The minimum absolute atomic E-state index is 0.146. The number of benzene rings is 1. The topological polar surface area (TPSA) is 75.1 Å². The number of phenolic OH excluding ortho intramolecular Hbond substituents is 1. The number of azo groups is 1. The van der Waals surface area contributed by atoms with Crippen molar-refractivity contribution in [1.82, 2.24) is 10.2 Å². The van der Waals surface area contributed by atoms with Crippen molar-refractivity contribution in [3.8, 4) is 5.75 Å². The Labute approximate surface area is 149 Å². The molecule has 8 heteroatoms. The van der Waals surface area contributed by atoms with E-state index in [9.17, 15) is 5.11 Å². The second-order valence-electron chi connectivity index (χ2n) is 5.91. The minimum atomic E-state index is -0.589. The summed E-state index contributed by atoms with van der Waals surface area (Å²) in [4.78, 5) is 2.94.